The lowest BCUT2D eigenvalue weighted by Gasteiger charge is -2.73. The van der Waals surface area contributed by atoms with Crippen molar-refractivity contribution < 1.29 is 93.9 Å². The van der Waals surface area contributed by atoms with Crippen molar-refractivity contribution in [3.63, 3.8) is 0 Å². The number of carbonyl (C=O) groups excluding carboxylic acids is 2. The monoisotopic (exact) mass is 1060 g/mol. The van der Waals surface area contributed by atoms with Gasteiger partial charge in [0.2, 0.25) is 0 Å². The Balaban J connectivity index is 1.11. The lowest BCUT2D eigenvalue weighted by molar-refractivity contribution is -0.374. The summed E-state index contributed by atoms with van der Waals surface area (Å²) in [6, 6.07) is 9.21. The summed E-state index contributed by atoms with van der Waals surface area (Å²) in [4.78, 5) is 40.1. The molecule has 23 atom stereocenters. The number of benzene rings is 1. The predicted octanol–water partition coefficient (Wildman–Crippen LogP) is 2.63. The van der Waals surface area contributed by atoms with Gasteiger partial charge in [0.05, 0.1) is 42.9 Å². The van der Waals surface area contributed by atoms with Crippen LogP contribution >= 0.6 is 0 Å². The quantitative estimate of drug-likeness (QED) is 0.0588. The summed E-state index contributed by atoms with van der Waals surface area (Å²) in [6.07, 6.45) is -15.6. The third-order valence-electron chi connectivity index (χ3n) is 20.3. The van der Waals surface area contributed by atoms with Gasteiger partial charge in [0, 0.05) is 16.9 Å². The van der Waals surface area contributed by atoms with Crippen LogP contribution in [-0.4, -0.2) is 174 Å². The van der Waals surface area contributed by atoms with Crippen LogP contribution in [0.4, 0.5) is 0 Å². The Kier molecular flexibility index (Phi) is 16.2. The molecule has 0 bridgehead atoms. The minimum absolute atomic E-state index is 0.0777. The van der Waals surface area contributed by atoms with Crippen LogP contribution in [0.25, 0.3) is 6.08 Å². The molecule has 6 fully saturated rings. The van der Waals surface area contributed by atoms with E-state index in [1.807, 2.05) is 71.9 Å². The van der Waals surface area contributed by atoms with Crippen LogP contribution in [0.5, 0.6) is 0 Å². The molecule has 0 unspecified atom stereocenters. The van der Waals surface area contributed by atoms with Gasteiger partial charge < -0.3 is 79.5 Å². The molecule has 2 saturated heterocycles. The van der Waals surface area contributed by atoms with Gasteiger partial charge >= 0.3 is 17.9 Å². The minimum atomic E-state index is -2.02. The van der Waals surface area contributed by atoms with Crippen LogP contribution in [0.1, 0.15) is 113 Å². The molecule has 420 valence electrons. The highest BCUT2D eigenvalue weighted by Crippen LogP contribution is 2.76. The number of carboxylic acid groups (broad SMARTS) is 1. The Morgan fingerprint density at radius 2 is 1.45 bits per heavy atom. The number of hydrogen-bond donors (Lipinski definition) is 10. The topological polar surface area (TPSA) is 309 Å². The Hall–Kier alpha value is -3.41. The third-order valence-corrected chi connectivity index (χ3v) is 20.3. The van der Waals surface area contributed by atoms with E-state index in [-0.39, 0.29) is 11.8 Å². The number of carboxylic acids is 1. The minimum Gasteiger partial charge on any atom is -0.479 e. The van der Waals surface area contributed by atoms with Crippen LogP contribution in [0.3, 0.4) is 0 Å². The zero-order valence-corrected chi connectivity index (χ0v) is 44.6. The van der Waals surface area contributed by atoms with Crippen molar-refractivity contribution in [3.8, 4) is 0 Å². The Morgan fingerprint density at radius 1 is 0.773 bits per heavy atom. The molecule has 0 amide bonds. The first-order valence-electron chi connectivity index (χ1n) is 26.8. The van der Waals surface area contributed by atoms with Gasteiger partial charge in [0.25, 0.3) is 0 Å². The third kappa shape index (κ3) is 9.24. The van der Waals surface area contributed by atoms with Crippen molar-refractivity contribution >= 4 is 24.0 Å². The number of rotatable bonds is 13. The zero-order valence-electron chi connectivity index (χ0n) is 44.6. The Bertz CT molecular complexity index is 2300. The van der Waals surface area contributed by atoms with Crippen molar-refractivity contribution in [2.75, 3.05) is 13.2 Å². The predicted molar refractivity (Wildman–Crippen MR) is 266 cm³/mol. The first-order chi connectivity index (χ1) is 35.1. The number of aliphatic hydroxyl groups excluding tert-OH is 9. The van der Waals surface area contributed by atoms with Gasteiger partial charge in [-0.15, -0.1) is 0 Å². The number of esters is 2. The SMILES string of the molecule is CC[C@@H](C)C(=O)O[C@H]1[C@@H](OC(=O)/C=C/c2ccccc2)C(C)(C)C[C@H]2C3=CC[C@@H]4[C@@]5(C)CC[C@H](O[C@@H]6O[C@H](C(=O)O)[C@@H](O)[C@H](O)[C@H]6O[C@@H]6O[C@H](CO)[C@@H](O)[C@H](O)[C@H]6O)C(C)(C)[C@@H]5CC[C@@]4(C)[C@]3(C)[C@@H](O)[C@@H](O)[C@]21CO. The first-order valence-corrected chi connectivity index (χ1v) is 26.8. The van der Waals surface area contributed by atoms with E-state index in [0.717, 1.165) is 11.1 Å². The van der Waals surface area contributed by atoms with Crippen LogP contribution < -0.4 is 0 Å². The van der Waals surface area contributed by atoms with Crippen molar-refractivity contribution in [2.45, 2.75) is 199 Å². The second-order valence-corrected chi connectivity index (χ2v) is 24.9. The van der Waals surface area contributed by atoms with E-state index in [9.17, 15) is 65.4 Å². The van der Waals surface area contributed by atoms with Crippen molar-refractivity contribution in [2.24, 2.45) is 56.2 Å². The second-order valence-electron chi connectivity index (χ2n) is 24.9. The molecular weight excluding hydrogens is 977 g/mol. The Labute approximate surface area is 438 Å². The van der Waals surface area contributed by atoms with Gasteiger partial charge in [0.15, 0.2) is 24.8 Å². The van der Waals surface area contributed by atoms with E-state index in [0.29, 0.717) is 44.9 Å². The van der Waals surface area contributed by atoms with E-state index in [2.05, 4.69) is 19.9 Å². The maximum Gasteiger partial charge on any atom is 0.335 e. The molecular formula is C56H82O19. The molecule has 7 aliphatic rings. The summed E-state index contributed by atoms with van der Waals surface area (Å²) < 4.78 is 36.8. The second kappa shape index (κ2) is 21.0. The fraction of sp³-hybridized carbons (Fsp3) is 0.768. The molecule has 0 aromatic heterocycles. The molecule has 2 heterocycles. The van der Waals surface area contributed by atoms with Crippen LogP contribution in [-0.2, 0) is 42.8 Å². The van der Waals surface area contributed by atoms with Crippen LogP contribution in [0.2, 0.25) is 0 Å². The number of fused-ring (bicyclic) bond motifs is 7. The summed E-state index contributed by atoms with van der Waals surface area (Å²) in [5, 5.41) is 112. The fourth-order valence-electron chi connectivity index (χ4n) is 15.6. The highest BCUT2D eigenvalue weighted by atomic mass is 16.8. The van der Waals surface area contributed by atoms with Gasteiger partial charge in [0.1, 0.15) is 48.8 Å². The normalized spacial score (nSPS) is 46.5. The number of hydrogen-bond acceptors (Lipinski definition) is 18. The number of carbonyl (C=O) groups is 3. The number of allylic oxidation sites excluding steroid dienone is 1. The largest absolute Gasteiger partial charge is 0.479 e. The highest BCUT2D eigenvalue weighted by molar-refractivity contribution is 5.87. The molecule has 1 aromatic carbocycles. The standard InChI is InChI=1S/C56H82O19/c1-10-27(2)48(69)75-46-45(72-35(59)19-16-28-14-12-11-13-15-28)51(3,4)24-30-29-17-18-33-53(7)22-21-34(52(5,6)32(53)20-23-54(33,8)55(29,9)43(65)44(66)56(30,46)26-58)71-50-42(39(63)38(62)41(73-50)47(67)68)74-49-40(64)37(61)36(60)31(25-57)70-49/h11-17,19,27,30-34,36-46,49-50,57-58,60-66H,10,18,20-26H2,1-9H3,(H,67,68)/b19-16+/t27-,30+,31-,32+,33-,34+,36-,37+,38+,39+,40-,41+,42-,43+,44-,45-,46+,49+,50-,53+,54-,55+,56+/m1/s1. The molecule has 0 radical (unpaired) electrons. The summed E-state index contributed by atoms with van der Waals surface area (Å²) in [7, 11) is 0. The van der Waals surface area contributed by atoms with Gasteiger partial charge in [-0.2, -0.15) is 0 Å². The Morgan fingerprint density at radius 3 is 2.08 bits per heavy atom. The van der Waals surface area contributed by atoms with Gasteiger partial charge in [-0.3, -0.25) is 4.79 Å². The van der Waals surface area contributed by atoms with Crippen molar-refractivity contribution in [3.05, 3.63) is 53.6 Å². The summed E-state index contributed by atoms with van der Waals surface area (Å²) in [5.74, 6) is -4.23. The van der Waals surface area contributed by atoms with Crippen LogP contribution in [0.15, 0.2) is 48.1 Å². The van der Waals surface area contributed by atoms with Gasteiger partial charge in [-0.1, -0.05) is 104 Å². The van der Waals surface area contributed by atoms with Gasteiger partial charge in [-0.25, -0.2) is 9.59 Å². The zero-order chi connectivity index (χ0) is 55.1. The van der Waals surface area contributed by atoms with Crippen molar-refractivity contribution in [1.82, 2.24) is 0 Å². The molecule has 19 heteroatoms. The highest BCUT2D eigenvalue weighted by Gasteiger charge is 2.76. The average Bonchev–Trinajstić information content (AvgIpc) is 3.36. The molecule has 5 aliphatic carbocycles. The number of ether oxygens (including phenoxy) is 6. The van der Waals surface area contributed by atoms with Crippen LogP contribution in [0, 0.1) is 56.2 Å². The average molecular weight is 1060 g/mol. The van der Waals surface area contributed by atoms with E-state index < -0.39 is 167 Å². The molecule has 75 heavy (non-hydrogen) atoms. The molecule has 2 aliphatic heterocycles. The fourth-order valence-corrected chi connectivity index (χ4v) is 15.6. The van der Waals surface area contributed by atoms with E-state index in [4.69, 9.17) is 28.4 Å². The number of aliphatic hydroxyl groups is 9. The molecule has 1 aromatic rings. The molecule has 19 nitrogen and oxygen atoms in total. The molecule has 10 N–H and O–H groups in total. The lowest BCUT2D eigenvalue weighted by atomic mass is 9.32. The van der Waals surface area contributed by atoms with Crippen molar-refractivity contribution in [1.29, 1.82) is 0 Å². The summed E-state index contributed by atoms with van der Waals surface area (Å²) in [6.45, 7) is 16.5. The summed E-state index contributed by atoms with van der Waals surface area (Å²) in [5.41, 5.74) is -3.84. The first kappa shape index (κ1) is 57.8. The summed E-state index contributed by atoms with van der Waals surface area (Å²) >= 11 is 0. The molecule has 4 saturated carbocycles. The maximum atomic E-state index is 14.0. The maximum absolute atomic E-state index is 14.0. The number of aliphatic carboxylic acids is 1. The lowest BCUT2D eigenvalue weighted by Crippen LogP contribution is -2.76. The smallest absolute Gasteiger partial charge is 0.335 e. The van der Waals surface area contributed by atoms with E-state index >= 15 is 0 Å². The molecule has 8 rings (SSSR count). The van der Waals surface area contributed by atoms with E-state index in [1.54, 1.807) is 13.0 Å². The molecule has 0 spiro atoms. The van der Waals surface area contributed by atoms with Gasteiger partial charge in [-0.05, 0) is 90.6 Å². The van der Waals surface area contributed by atoms with E-state index in [1.165, 1.54) is 6.08 Å².